The summed E-state index contributed by atoms with van der Waals surface area (Å²) < 4.78 is 32.7. The summed E-state index contributed by atoms with van der Waals surface area (Å²) in [5, 5.41) is 5.18. The molecular weight excluding hydrogens is 418 g/mol. The summed E-state index contributed by atoms with van der Waals surface area (Å²) in [6, 6.07) is 17.9. The van der Waals surface area contributed by atoms with Gasteiger partial charge in [-0.25, -0.2) is 13.8 Å². The molecule has 3 aromatic carbocycles. The zero-order valence-electron chi connectivity index (χ0n) is 16.6. The van der Waals surface area contributed by atoms with Crippen molar-refractivity contribution in [2.75, 3.05) is 5.32 Å². The smallest absolute Gasteiger partial charge is 0.275 e. The molecule has 4 aromatic rings. The number of aromatic nitrogens is 1. The van der Waals surface area contributed by atoms with E-state index in [1.54, 1.807) is 23.6 Å². The molecule has 0 unspecified atom stereocenters. The lowest BCUT2D eigenvalue weighted by Crippen LogP contribution is -2.12. The molecule has 0 fully saturated rings. The molecule has 31 heavy (non-hydrogen) atoms. The molecule has 0 saturated heterocycles. The van der Waals surface area contributed by atoms with Gasteiger partial charge in [-0.05, 0) is 55.0 Å². The van der Waals surface area contributed by atoms with Crippen molar-refractivity contribution in [2.24, 2.45) is 0 Å². The standard InChI is InChI=1S/C24H18F2N2O2S/c1-15-4-2-6-19(10-15)27-23(29)22-14-31-24(28-22)16-5-3-7-20(12-16)30-13-17-11-18(25)8-9-21(17)26/h2-12,14H,13H2,1H3,(H,27,29). The van der Waals surface area contributed by atoms with E-state index >= 15 is 0 Å². The third kappa shape index (κ3) is 5.13. The Hall–Kier alpha value is -3.58. The van der Waals surface area contributed by atoms with E-state index < -0.39 is 11.6 Å². The van der Waals surface area contributed by atoms with Crippen LogP contribution in [0.3, 0.4) is 0 Å². The molecule has 0 aliphatic carbocycles. The lowest BCUT2D eigenvalue weighted by Gasteiger charge is -2.08. The number of nitrogens with one attached hydrogen (secondary N) is 1. The third-order valence-corrected chi connectivity index (χ3v) is 5.39. The molecule has 4 nitrogen and oxygen atoms in total. The van der Waals surface area contributed by atoms with Crippen LogP contribution in [0.4, 0.5) is 14.5 Å². The van der Waals surface area contributed by atoms with Crippen LogP contribution >= 0.6 is 11.3 Å². The Morgan fingerprint density at radius 3 is 2.74 bits per heavy atom. The van der Waals surface area contributed by atoms with E-state index in [9.17, 15) is 13.6 Å². The zero-order chi connectivity index (χ0) is 21.8. The van der Waals surface area contributed by atoms with Crippen molar-refractivity contribution in [1.29, 1.82) is 0 Å². The zero-order valence-corrected chi connectivity index (χ0v) is 17.4. The molecule has 0 atom stereocenters. The molecule has 156 valence electrons. The molecule has 1 N–H and O–H groups in total. The second-order valence-corrected chi connectivity index (χ2v) is 7.77. The maximum absolute atomic E-state index is 13.8. The fraction of sp³-hybridized carbons (Fsp3) is 0.0833. The summed E-state index contributed by atoms with van der Waals surface area (Å²) in [5.41, 5.74) is 2.97. The SMILES string of the molecule is Cc1cccc(NC(=O)c2csc(-c3cccc(OCc4cc(F)ccc4F)c3)n2)c1. The van der Waals surface area contributed by atoms with Crippen molar-refractivity contribution in [3.8, 4) is 16.3 Å². The molecule has 1 aromatic heterocycles. The van der Waals surface area contributed by atoms with E-state index in [0.29, 0.717) is 22.1 Å². The van der Waals surface area contributed by atoms with Gasteiger partial charge in [0.25, 0.3) is 5.91 Å². The third-order valence-electron chi connectivity index (χ3n) is 4.50. The first-order valence-electron chi connectivity index (χ1n) is 9.48. The molecule has 0 bridgehead atoms. The summed E-state index contributed by atoms with van der Waals surface area (Å²) in [4.78, 5) is 16.9. The molecule has 1 heterocycles. The summed E-state index contributed by atoms with van der Waals surface area (Å²) in [7, 11) is 0. The molecule has 0 aliphatic heterocycles. The number of aryl methyl sites for hydroxylation is 1. The first kappa shape index (κ1) is 20.7. The van der Waals surface area contributed by atoms with Crippen LogP contribution in [0.2, 0.25) is 0 Å². The summed E-state index contributed by atoms with van der Waals surface area (Å²) in [6.45, 7) is 1.85. The molecule has 0 aliphatic rings. The molecule has 4 rings (SSSR count). The van der Waals surface area contributed by atoms with Crippen LogP contribution in [-0.2, 0) is 6.61 Å². The number of halogens is 2. The van der Waals surface area contributed by atoms with Gasteiger partial charge in [-0.3, -0.25) is 4.79 Å². The number of ether oxygens (including phenoxy) is 1. The molecule has 1 amide bonds. The van der Waals surface area contributed by atoms with Crippen LogP contribution in [0, 0.1) is 18.6 Å². The second kappa shape index (κ2) is 9.06. The number of carbonyl (C=O) groups excluding carboxylic acids is 1. The van der Waals surface area contributed by atoms with Gasteiger partial charge >= 0.3 is 0 Å². The Balaban J connectivity index is 1.46. The minimum Gasteiger partial charge on any atom is -0.489 e. The van der Waals surface area contributed by atoms with Gasteiger partial charge in [0.1, 0.15) is 34.7 Å². The van der Waals surface area contributed by atoms with Gasteiger partial charge in [0.2, 0.25) is 0 Å². The van der Waals surface area contributed by atoms with E-state index in [4.69, 9.17) is 4.74 Å². The number of nitrogens with zero attached hydrogens (tertiary/aromatic N) is 1. The number of anilines is 1. The number of amides is 1. The molecule has 0 saturated carbocycles. The van der Waals surface area contributed by atoms with Crippen molar-refractivity contribution in [1.82, 2.24) is 4.98 Å². The Morgan fingerprint density at radius 1 is 1.06 bits per heavy atom. The lowest BCUT2D eigenvalue weighted by molar-refractivity contribution is 0.102. The largest absolute Gasteiger partial charge is 0.489 e. The summed E-state index contributed by atoms with van der Waals surface area (Å²) >= 11 is 1.34. The van der Waals surface area contributed by atoms with Crippen molar-refractivity contribution in [3.63, 3.8) is 0 Å². The normalized spacial score (nSPS) is 10.7. The average molecular weight is 436 g/mol. The molecule has 7 heteroatoms. The first-order valence-corrected chi connectivity index (χ1v) is 10.4. The van der Waals surface area contributed by atoms with Crippen molar-refractivity contribution >= 4 is 22.9 Å². The molecular formula is C24H18F2N2O2S. The molecule has 0 spiro atoms. The van der Waals surface area contributed by atoms with E-state index in [0.717, 1.165) is 29.3 Å². The van der Waals surface area contributed by atoms with Crippen LogP contribution in [0.5, 0.6) is 5.75 Å². The van der Waals surface area contributed by atoms with Crippen molar-refractivity contribution in [3.05, 3.63) is 101 Å². The van der Waals surface area contributed by atoms with Gasteiger partial charge in [0.05, 0.1) is 0 Å². The average Bonchev–Trinajstić information content (AvgIpc) is 3.25. The van der Waals surface area contributed by atoms with E-state index in [1.165, 1.54) is 11.3 Å². The number of rotatable bonds is 6. The van der Waals surface area contributed by atoms with Gasteiger partial charge in [0.15, 0.2) is 0 Å². The number of carbonyl (C=O) groups is 1. The Morgan fingerprint density at radius 2 is 1.90 bits per heavy atom. The van der Waals surface area contributed by atoms with Crippen LogP contribution in [0.1, 0.15) is 21.6 Å². The monoisotopic (exact) mass is 436 g/mol. The highest BCUT2D eigenvalue weighted by Crippen LogP contribution is 2.28. The van der Waals surface area contributed by atoms with Crippen LogP contribution < -0.4 is 10.1 Å². The number of benzene rings is 3. The lowest BCUT2D eigenvalue weighted by atomic mass is 10.2. The number of hydrogen-bond donors (Lipinski definition) is 1. The van der Waals surface area contributed by atoms with Gasteiger partial charge in [-0.1, -0.05) is 24.3 Å². The van der Waals surface area contributed by atoms with Gasteiger partial charge in [-0.15, -0.1) is 11.3 Å². The summed E-state index contributed by atoms with van der Waals surface area (Å²) in [6.07, 6.45) is 0. The first-order chi connectivity index (χ1) is 15.0. The van der Waals surface area contributed by atoms with Gasteiger partial charge in [-0.2, -0.15) is 0 Å². The fourth-order valence-corrected chi connectivity index (χ4v) is 3.76. The summed E-state index contributed by atoms with van der Waals surface area (Å²) in [5.74, 6) is -0.848. The maximum Gasteiger partial charge on any atom is 0.275 e. The Kier molecular flexibility index (Phi) is 6.04. The maximum atomic E-state index is 13.8. The van der Waals surface area contributed by atoms with Crippen LogP contribution in [-0.4, -0.2) is 10.9 Å². The van der Waals surface area contributed by atoms with Crippen LogP contribution in [0.25, 0.3) is 10.6 Å². The Bertz CT molecular complexity index is 1240. The molecule has 0 radical (unpaired) electrons. The van der Waals surface area contributed by atoms with E-state index in [1.807, 2.05) is 37.3 Å². The van der Waals surface area contributed by atoms with Crippen LogP contribution in [0.15, 0.2) is 72.1 Å². The van der Waals surface area contributed by atoms with E-state index in [2.05, 4.69) is 10.3 Å². The predicted octanol–water partition coefficient (Wildman–Crippen LogP) is 6.23. The minimum atomic E-state index is -0.526. The second-order valence-electron chi connectivity index (χ2n) is 6.91. The van der Waals surface area contributed by atoms with E-state index in [-0.39, 0.29) is 18.1 Å². The topological polar surface area (TPSA) is 51.2 Å². The van der Waals surface area contributed by atoms with Crippen molar-refractivity contribution in [2.45, 2.75) is 13.5 Å². The van der Waals surface area contributed by atoms with Gasteiger partial charge < -0.3 is 10.1 Å². The number of thiazole rings is 1. The number of hydrogen-bond acceptors (Lipinski definition) is 4. The predicted molar refractivity (Wildman–Crippen MR) is 117 cm³/mol. The van der Waals surface area contributed by atoms with Gasteiger partial charge in [0, 0.05) is 22.2 Å². The minimum absolute atomic E-state index is 0.102. The quantitative estimate of drug-likeness (QED) is 0.390. The van der Waals surface area contributed by atoms with Crippen molar-refractivity contribution < 1.29 is 18.3 Å². The highest BCUT2D eigenvalue weighted by molar-refractivity contribution is 7.13. The highest BCUT2D eigenvalue weighted by Gasteiger charge is 2.13. The fourth-order valence-electron chi connectivity index (χ4n) is 2.96. The highest BCUT2D eigenvalue weighted by atomic mass is 32.1. The Labute approximate surface area is 182 Å².